The first kappa shape index (κ1) is 14.4. The number of carbonyl (C=O) groups excluding carboxylic acids is 1. The van der Waals surface area contributed by atoms with E-state index in [2.05, 4.69) is 4.74 Å². The second-order valence-corrected chi connectivity index (χ2v) is 4.13. The molecule has 0 atom stereocenters. The fraction of sp³-hybridized carbons (Fsp3) is 0.333. The summed E-state index contributed by atoms with van der Waals surface area (Å²) in [5.41, 5.74) is 0.597. The Balaban J connectivity index is 2.87. The third-order valence-corrected chi connectivity index (χ3v) is 2.58. The van der Waals surface area contributed by atoms with Crippen molar-refractivity contribution in [3.05, 3.63) is 29.6 Å². The molecule has 0 aliphatic heterocycles. The quantitative estimate of drug-likeness (QED) is 0.619. The van der Waals surface area contributed by atoms with E-state index in [0.29, 0.717) is 5.56 Å². The molecule has 0 heterocycles. The molecule has 0 radical (unpaired) electrons. The molecule has 0 N–H and O–H groups in total. The summed E-state index contributed by atoms with van der Waals surface area (Å²) < 4.78 is 23.2. The van der Waals surface area contributed by atoms with Crippen LogP contribution in [0, 0.1) is 5.82 Å². The van der Waals surface area contributed by atoms with Gasteiger partial charge < -0.3 is 14.4 Å². The first-order chi connectivity index (χ1) is 8.43. The molecule has 0 aliphatic rings. The zero-order valence-corrected chi connectivity index (χ0v) is 11.2. The smallest absolute Gasteiger partial charge is 0.309 e. The number of rotatable bonds is 3. The summed E-state index contributed by atoms with van der Waals surface area (Å²) >= 11 is 4.92. The van der Waals surface area contributed by atoms with E-state index in [-0.39, 0.29) is 17.3 Å². The summed E-state index contributed by atoms with van der Waals surface area (Å²) in [4.78, 5) is 12.7. The van der Waals surface area contributed by atoms with Crippen molar-refractivity contribution in [2.75, 3.05) is 21.2 Å². The van der Waals surface area contributed by atoms with Crippen molar-refractivity contribution in [1.29, 1.82) is 0 Å². The molecule has 0 spiro atoms. The Morgan fingerprint density at radius 1 is 1.44 bits per heavy atom. The maximum absolute atomic E-state index is 13.5. The number of carbonyl (C=O) groups is 1. The standard InChI is InChI=1S/C12H14FNO3S/c1-14(2)12(18)17-10-6-8(4-5-9(10)13)7-11(15)16-3/h4-6H,7H2,1-3H3. The Bertz CT molecular complexity index is 463. The number of halogens is 1. The molecule has 0 saturated heterocycles. The van der Waals surface area contributed by atoms with Gasteiger partial charge in [0, 0.05) is 14.1 Å². The zero-order chi connectivity index (χ0) is 13.7. The predicted molar refractivity (Wildman–Crippen MR) is 69.0 cm³/mol. The monoisotopic (exact) mass is 271 g/mol. The van der Waals surface area contributed by atoms with Gasteiger partial charge in [-0.1, -0.05) is 6.07 Å². The van der Waals surface area contributed by atoms with E-state index in [9.17, 15) is 9.18 Å². The van der Waals surface area contributed by atoms with Crippen LogP contribution in [0.15, 0.2) is 18.2 Å². The summed E-state index contributed by atoms with van der Waals surface area (Å²) in [6, 6.07) is 4.16. The number of nitrogens with zero attached hydrogens (tertiary/aromatic N) is 1. The van der Waals surface area contributed by atoms with Crippen LogP contribution in [-0.2, 0) is 16.0 Å². The lowest BCUT2D eigenvalue weighted by atomic mass is 10.1. The third-order valence-electron chi connectivity index (χ3n) is 2.13. The molecule has 0 amide bonds. The van der Waals surface area contributed by atoms with Crippen molar-refractivity contribution in [1.82, 2.24) is 4.90 Å². The molecule has 1 rings (SSSR count). The van der Waals surface area contributed by atoms with Crippen molar-refractivity contribution >= 4 is 23.4 Å². The van der Waals surface area contributed by atoms with E-state index >= 15 is 0 Å². The molecule has 1 aromatic carbocycles. The highest BCUT2D eigenvalue weighted by Crippen LogP contribution is 2.20. The topological polar surface area (TPSA) is 38.8 Å². The Morgan fingerprint density at radius 2 is 2.11 bits per heavy atom. The molecule has 4 nitrogen and oxygen atoms in total. The van der Waals surface area contributed by atoms with Crippen LogP contribution in [-0.4, -0.2) is 37.2 Å². The molecule has 0 unspecified atom stereocenters. The van der Waals surface area contributed by atoms with E-state index in [1.165, 1.54) is 25.3 Å². The van der Waals surface area contributed by atoms with Gasteiger partial charge >= 0.3 is 5.97 Å². The van der Waals surface area contributed by atoms with Gasteiger partial charge in [0.15, 0.2) is 11.6 Å². The predicted octanol–water partition coefficient (Wildman–Crippen LogP) is 1.77. The van der Waals surface area contributed by atoms with Crippen LogP contribution in [0.3, 0.4) is 0 Å². The highest BCUT2D eigenvalue weighted by atomic mass is 32.1. The number of hydrogen-bond acceptors (Lipinski definition) is 4. The second kappa shape index (κ2) is 6.30. The van der Waals surface area contributed by atoms with Crippen LogP contribution in [0.4, 0.5) is 4.39 Å². The molecule has 1 aromatic rings. The molecule has 0 aromatic heterocycles. The third kappa shape index (κ3) is 3.96. The highest BCUT2D eigenvalue weighted by molar-refractivity contribution is 7.80. The van der Waals surface area contributed by atoms with E-state index in [1.807, 2.05) is 0 Å². The average molecular weight is 271 g/mol. The average Bonchev–Trinajstić information content (AvgIpc) is 2.33. The van der Waals surface area contributed by atoms with E-state index in [0.717, 1.165) is 0 Å². The summed E-state index contributed by atoms with van der Waals surface area (Å²) in [7, 11) is 4.68. The molecule has 0 saturated carbocycles. The summed E-state index contributed by atoms with van der Waals surface area (Å²) in [6.07, 6.45) is 0.0574. The fourth-order valence-electron chi connectivity index (χ4n) is 1.16. The van der Waals surface area contributed by atoms with Gasteiger partial charge in [-0.3, -0.25) is 4.79 Å². The molecule has 98 valence electrons. The largest absolute Gasteiger partial charge is 0.469 e. The number of ether oxygens (including phenoxy) is 2. The minimum absolute atomic E-state index is 0.00453. The van der Waals surface area contributed by atoms with Gasteiger partial charge in [0.25, 0.3) is 5.17 Å². The maximum atomic E-state index is 13.5. The lowest BCUT2D eigenvalue weighted by molar-refractivity contribution is -0.139. The van der Waals surface area contributed by atoms with Crippen molar-refractivity contribution < 1.29 is 18.7 Å². The van der Waals surface area contributed by atoms with Crippen molar-refractivity contribution in [2.24, 2.45) is 0 Å². The Kier molecular flexibility index (Phi) is 5.03. The van der Waals surface area contributed by atoms with Crippen LogP contribution in [0.1, 0.15) is 5.56 Å². The number of methoxy groups -OCH3 is 1. The molecule has 0 bridgehead atoms. The van der Waals surface area contributed by atoms with Crippen LogP contribution < -0.4 is 4.74 Å². The molecule has 6 heteroatoms. The SMILES string of the molecule is COC(=O)Cc1ccc(F)c(OC(=S)N(C)C)c1. The van der Waals surface area contributed by atoms with Gasteiger partial charge in [-0.2, -0.15) is 0 Å². The van der Waals surface area contributed by atoms with Gasteiger partial charge in [0.05, 0.1) is 13.5 Å². The van der Waals surface area contributed by atoms with Gasteiger partial charge in [-0.15, -0.1) is 0 Å². The van der Waals surface area contributed by atoms with Crippen LogP contribution in [0.25, 0.3) is 0 Å². The molecule has 18 heavy (non-hydrogen) atoms. The minimum Gasteiger partial charge on any atom is -0.469 e. The van der Waals surface area contributed by atoms with Crippen LogP contribution in [0.5, 0.6) is 5.75 Å². The lowest BCUT2D eigenvalue weighted by Gasteiger charge is -2.15. The highest BCUT2D eigenvalue weighted by Gasteiger charge is 2.11. The van der Waals surface area contributed by atoms with Crippen molar-refractivity contribution in [2.45, 2.75) is 6.42 Å². The summed E-state index contributed by atoms with van der Waals surface area (Å²) in [5.74, 6) is -0.939. The first-order valence-corrected chi connectivity index (χ1v) is 5.59. The van der Waals surface area contributed by atoms with E-state index in [1.54, 1.807) is 19.0 Å². The zero-order valence-electron chi connectivity index (χ0n) is 10.4. The van der Waals surface area contributed by atoms with Gasteiger partial charge in [-0.25, -0.2) is 4.39 Å². The van der Waals surface area contributed by atoms with E-state index in [4.69, 9.17) is 17.0 Å². The maximum Gasteiger partial charge on any atom is 0.309 e. The number of esters is 1. The lowest BCUT2D eigenvalue weighted by Crippen LogP contribution is -2.25. The molecule has 0 fully saturated rings. The van der Waals surface area contributed by atoms with Crippen LogP contribution in [0.2, 0.25) is 0 Å². The molecule has 0 aliphatic carbocycles. The van der Waals surface area contributed by atoms with E-state index < -0.39 is 11.8 Å². The minimum atomic E-state index is -0.534. The van der Waals surface area contributed by atoms with Gasteiger partial charge in [-0.05, 0) is 29.9 Å². The number of thiocarbonyl (C=S) groups is 1. The number of benzene rings is 1. The molecular formula is C12H14FNO3S. The summed E-state index contributed by atoms with van der Waals surface area (Å²) in [5, 5.41) is 0.143. The second-order valence-electron chi connectivity index (χ2n) is 3.78. The van der Waals surface area contributed by atoms with Crippen molar-refractivity contribution in [3.63, 3.8) is 0 Å². The Morgan fingerprint density at radius 3 is 2.67 bits per heavy atom. The van der Waals surface area contributed by atoms with Crippen LogP contribution >= 0.6 is 12.2 Å². The van der Waals surface area contributed by atoms with Gasteiger partial charge in [0.2, 0.25) is 0 Å². The molecular weight excluding hydrogens is 257 g/mol. The summed E-state index contributed by atoms with van der Waals surface area (Å²) in [6.45, 7) is 0. The van der Waals surface area contributed by atoms with Crippen molar-refractivity contribution in [3.8, 4) is 5.75 Å². The Labute approximate surface area is 110 Å². The first-order valence-electron chi connectivity index (χ1n) is 5.18. The fourth-order valence-corrected chi connectivity index (χ4v) is 1.25. The normalized spacial score (nSPS) is 9.78. The Hall–Kier alpha value is -1.69. The number of hydrogen-bond donors (Lipinski definition) is 0. The van der Waals surface area contributed by atoms with Gasteiger partial charge in [0.1, 0.15) is 0 Å².